The fourth-order valence-corrected chi connectivity index (χ4v) is 1.41. The minimum Gasteiger partial charge on any atom is -0.462 e. The van der Waals surface area contributed by atoms with Crippen molar-refractivity contribution in [3.8, 4) is 0 Å². The van der Waals surface area contributed by atoms with Crippen molar-refractivity contribution in [1.29, 1.82) is 0 Å². The van der Waals surface area contributed by atoms with Crippen LogP contribution in [-0.2, 0) is 9.47 Å². The number of esters is 1. The van der Waals surface area contributed by atoms with Crippen molar-refractivity contribution in [3.05, 3.63) is 29.1 Å². The summed E-state index contributed by atoms with van der Waals surface area (Å²) in [6.07, 6.45) is 1.53. The lowest BCUT2D eigenvalue weighted by Crippen LogP contribution is -2.09. The molecule has 0 unspecified atom stereocenters. The number of carbonyl (C=O) groups excluding carboxylic acids is 1. The third-order valence-corrected chi connectivity index (χ3v) is 2.60. The zero-order valence-electron chi connectivity index (χ0n) is 10.7. The number of halogens is 1. The summed E-state index contributed by atoms with van der Waals surface area (Å²) in [7, 11) is 1.61. The highest BCUT2D eigenvalue weighted by Gasteiger charge is 2.12. The number of anilines is 1. The third-order valence-electron chi connectivity index (χ3n) is 2.60. The second-order valence-corrected chi connectivity index (χ2v) is 4.01. The van der Waals surface area contributed by atoms with E-state index in [1.165, 1.54) is 6.07 Å². The summed E-state index contributed by atoms with van der Waals surface area (Å²) >= 11 is 0. The Kier molecular flexibility index (Phi) is 5.58. The maximum absolute atomic E-state index is 13.4. The van der Waals surface area contributed by atoms with E-state index in [1.807, 2.05) is 0 Å². The van der Waals surface area contributed by atoms with Crippen LogP contribution < -0.4 is 5.73 Å². The number of hydrogen-bond donors (Lipinski definition) is 1. The number of rotatable bonds is 6. The molecule has 0 aliphatic heterocycles. The molecule has 0 atom stereocenters. The number of ether oxygens (including phenoxy) is 2. The van der Waals surface area contributed by atoms with Crippen molar-refractivity contribution in [2.75, 3.05) is 26.1 Å². The molecule has 0 saturated heterocycles. The molecule has 1 aromatic carbocycles. The highest BCUT2D eigenvalue weighted by atomic mass is 19.1. The van der Waals surface area contributed by atoms with Gasteiger partial charge in [-0.25, -0.2) is 9.18 Å². The fourth-order valence-electron chi connectivity index (χ4n) is 1.41. The van der Waals surface area contributed by atoms with Gasteiger partial charge in [0.1, 0.15) is 5.82 Å². The first-order chi connectivity index (χ1) is 8.56. The van der Waals surface area contributed by atoms with E-state index in [9.17, 15) is 9.18 Å². The smallest absolute Gasteiger partial charge is 0.338 e. The Balaban J connectivity index is 2.52. The summed E-state index contributed by atoms with van der Waals surface area (Å²) in [4.78, 5) is 11.6. The highest BCUT2D eigenvalue weighted by Crippen LogP contribution is 2.18. The van der Waals surface area contributed by atoms with E-state index < -0.39 is 11.8 Å². The molecule has 5 heteroatoms. The average Bonchev–Trinajstić information content (AvgIpc) is 2.34. The number of nitrogens with two attached hydrogens (primary N) is 1. The predicted octanol–water partition coefficient (Wildman–Crippen LogP) is 2.30. The Bertz CT molecular complexity index is 398. The average molecular weight is 255 g/mol. The molecule has 0 aromatic heterocycles. The van der Waals surface area contributed by atoms with Crippen molar-refractivity contribution in [3.63, 3.8) is 0 Å². The summed E-state index contributed by atoms with van der Waals surface area (Å²) in [5.41, 5.74) is 6.32. The molecule has 1 aromatic rings. The van der Waals surface area contributed by atoms with Gasteiger partial charge in [-0.1, -0.05) is 0 Å². The molecule has 0 heterocycles. The third kappa shape index (κ3) is 4.00. The Hall–Kier alpha value is -1.62. The minimum absolute atomic E-state index is 0.141. The van der Waals surface area contributed by atoms with Crippen LogP contribution in [0.5, 0.6) is 0 Å². The van der Waals surface area contributed by atoms with Crippen molar-refractivity contribution in [1.82, 2.24) is 0 Å². The van der Waals surface area contributed by atoms with Crippen molar-refractivity contribution in [2.24, 2.45) is 0 Å². The van der Waals surface area contributed by atoms with E-state index in [4.69, 9.17) is 15.2 Å². The van der Waals surface area contributed by atoms with Crippen LogP contribution in [0.15, 0.2) is 12.1 Å². The molecule has 0 aliphatic rings. The Morgan fingerprint density at radius 1 is 1.33 bits per heavy atom. The maximum Gasteiger partial charge on any atom is 0.338 e. The van der Waals surface area contributed by atoms with Crippen LogP contribution in [0.4, 0.5) is 10.1 Å². The zero-order chi connectivity index (χ0) is 13.5. The summed E-state index contributed by atoms with van der Waals surface area (Å²) in [5, 5.41) is 0. The monoisotopic (exact) mass is 255 g/mol. The van der Waals surface area contributed by atoms with Gasteiger partial charge in [0.2, 0.25) is 0 Å². The Morgan fingerprint density at radius 2 is 2.00 bits per heavy atom. The van der Waals surface area contributed by atoms with Gasteiger partial charge < -0.3 is 15.2 Å². The van der Waals surface area contributed by atoms with Crippen LogP contribution in [0.2, 0.25) is 0 Å². The molecule has 1 rings (SSSR count). The van der Waals surface area contributed by atoms with Gasteiger partial charge in [-0.05, 0) is 31.9 Å². The molecule has 0 aliphatic carbocycles. The largest absolute Gasteiger partial charge is 0.462 e. The van der Waals surface area contributed by atoms with Crippen molar-refractivity contribution < 1.29 is 18.7 Å². The van der Waals surface area contributed by atoms with Gasteiger partial charge in [0.15, 0.2) is 0 Å². The van der Waals surface area contributed by atoms with E-state index in [-0.39, 0.29) is 17.9 Å². The molecule has 0 amide bonds. The molecule has 0 radical (unpaired) electrons. The lowest BCUT2D eigenvalue weighted by molar-refractivity contribution is 0.0488. The second kappa shape index (κ2) is 6.96. The molecular weight excluding hydrogens is 237 g/mol. The summed E-state index contributed by atoms with van der Waals surface area (Å²) in [6, 6.07) is 2.57. The minimum atomic E-state index is -0.557. The van der Waals surface area contributed by atoms with Gasteiger partial charge in [0, 0.05) is 25.0 Å². The number of carbonyl (C=O) groups is 1. The van der Waals surface area contributed by atoms with Crippen LogP contribution in [0.25, 0.3) is 0 Å². The predicted molar refractivity (Wildman–Crippen MR) is 66.9 cm³/mol. The van der Waals surface area contributed by atoms with Crippen LogP contribution in [0, 0.1) is 12.7 Å². The van der Waals surface area contributed by atoms with E-state index in [0.29, 0.717) is 18.6 Å². The van der Waals surface area contributed by atoms with Gasteiger partial charge in [-0.15, -0.1) is 0 Å². The molecule has 4 nitrogen and oxygen atoms in total. The van der Waals surface area contributed by atoms with E-state index in [2.05, 4.69) is 0 Å². The van der Waals surface area contributed by atoms with Gasteiger partial charge in [0.25, 0.3) is 0 Å². The maximum atomic E-state index is 13.4. The number of methoxy groups -OCH3 is 1. The molecule has 100 valence electrons. The van der Waals surface area contributed by atoms with Crippen LogP contribution in [0.3, 0.4) is 0 Å². The zero-order valence-corrected chi connectivity index (χ0v) is 10.7. The first-order valence-corrected chi connectivity index (χ1v) is 5.78. The van der Waals surface area contributed by atoms with Crippen molar-refractivity contribution >= 4 is 11.7 Å². The summed E-state index contributed by atoms with van der Waals surface area (Å²) < 4.78 is 23.3. The van der Waals surface area contributed by atoms with E-state index in [1.54, 1.807) is 14.0 Å². The number of unbranched alkanes of at least 4 members (excludes halogenated alkanes) is 1. The fraction of sp³-hybridized carbons (Fsp3) is 0.462. The van der Waals surface area contributed by atoms with Gasteiger partial charge in [-0.2, -0.15) is 0 Å². The van der Waals surface area contributed by atoms with Crippen LogP contribution >= 0.6 is 0 Å². The molecule has 0 spiro atoms. The van der Waals surface area contributed by atoms with Gasteiger partial charge >= 0.3 is 5.97 Å². The molecule has 2 N–H and O–H groups in total. The number of hydrogen-bond acceptors (Lipinski definition) is 4. The number of nitrogen functional groups attached to an aromatic ring is 1. The lowest BCUT2D eigenvalue weighted by atomic mass is 10.1. The number of benzene rings is 1. The topological polar surface area (TPSA) is 61.5 Å². The lowest BCUT2D eigenvalue weighted by Gasteiger charge is -2.07. The molecule has 0 saturated carbocycles. The van der Waals surface area contributed by atoms with Crippen LogP contribution in [0.1, 0.15) is 28.8 Å². The molecule has 18 heavy (non-hydrogen) atoms. The van der Waals surface area contributed by atoms with Gasteiger partial charge in [-0.3, -0.25) is 0 Å². The quantitative estimate of drug-likeness (QED) is 0.481. The SMILES string of the molecule is COCCCCOC(=O)c1cc(N)c(C)c(F)c1. The Labute approximate surface area is 106 Å². The molecule has 0 fully saturated rings. The first kappa shape index (κ1) is 14.4. The van der Waals surface area contributed by atoms with E-state index in [0.717, 1.165) is 12.5 Å². The summed E-state index contributed by atoms with van der Waals surface area (Å²) in [6.45, 7) is 2.48. The molecular formula is C13H18FNO3. The standard InChI is InChI=1S/C13H18FNO3/c1-9-11(14)7-10(8-12(9)15)13(16)18-6-4-3-5-17-2/h7-8H,3-6,15H2,1-2H3. The van der Waals surface area contributed by atoms with Crippen LogP contribution in [-0.4, -0.2) is 26.3 Å². The highest BCUT2D eigenvalue weighted by molar-refractivity contribution is 5.90. The van der Waals surface area contributed by atoms with Crippen molar-refractivity contribution in [2.45, 2.75) is 19.8 Å². The first-order valence-electron chi connectivity index (χ1n) is 5.78. The van der Waals surface area contributed by atoms with Gasteiger partial charge in [0.05, 0.1) is 12.2 Å². The van der Waals surface area contributed by atoms with E-state index >= 15 is 0 Å². The molecule has 0 bridgehead atoms. The summed E-state index contributed by atoms with van der Waals surface area (Å²) in [5.74, 6) is -1.06. The normalized spacial score (nSPS) is 10.4. The second-order valence-electron chi connectivity index (χ2n) is 4.01. The Morgan fingerprint density at radius 3 is 2.61 bits per heavy atom.